The first-order chi connectivity index (χ1) is 6.29. The minimum Gasteiger partial charge on any atom is -0.314 e. The van der Waals surface area contributed by atoms with Gasteiger partial charge in [0.25, 0.3) is 0 Å². The fraction of sp³-hybridized carbons (Fsp3) is 0.222. The largest absolute Gasteiger partial charge is 0.314 e. The number of aliphatic imine (C=N–C) groups is 1. The number of rotatable bonds is 1. The lowest BCUT2D eigenvalue weighted by molar-refractivity contribution is 0.232. The maximum absolute atomic E-state index is 8.74. The molecule has 0 aromatic heterocycles. The van der Waals surface area contributed by atoms with E-state index in [2.05, 4.69) is 4.99 Å². The molecule has 0 aliphatic carbocycles. The quantitative estimate of drug-likeness (QED) is 0.385. The van der Waals surface area contributed by atoms with E-state index in [0.717, 1.165) is 5.69 Å². The number of guanidine groups is 1. The Morgan fingerprint density at radius 2 is 2.00 bits per heavy atom. The molecule has 0 aliphatic rings. The van der Waals surface area contributed by atoms with Crippen LogP contribution in [0, 0.1) is 0 Å². The first-order valence-corrected chi connectivity index (χ1v) is 3.95. The van der Waals surface area contributed by atoms with Crippen molar-refractivity contribution in [2.45, 2.75) is 0 Å². The van der Waals surface area contributed by atoms with Gasteiger partial charge in [-0.2, -0.15) is 0 Å². The van der Waals surface area contributed by atoms with Crippen LogP contribution in [-0.2, 0) is 0 Å². The monoisotopic (exact) mass is 179 g/mol. The zero-order chi connectivity index (χ0) is 9.68. The third-order valence-electron chi connectivity index (χ3n) is 1.77. The van der Waals surface area contributed by atoms with Gasteiger partial charge in [0.15, 0.2) is 0 Å². The van der Waals surface area contributed by atoms with Gasteiger partial charge >= 0.3 is 0 Å². The third-order valence-corrected chi connectivity index (χ3v) is 1.77. The van der Waals surface area contributed by atoms with Gasteiger partial charge in [-0.05, 0) is 12.1 Å². The molecule has 4 nitrogen and oxygen atoms in total. The summed E-state index contributed by atoms with van der Waals surface area (Å²) in [5, 5.41) is 8.74. The van der Waals surface area contributed by atoms with Crippen LogP contribution < -0.4 is 10.4 Å². The van der Waals surface area contributed by atoms with Crippen molar-refractivity contribution in [3.8, 4) is 0 Å². The van der Waals surface area contributed by atoms with Gasteiger partial charge in [-0.25, -0.2) is 5.48 Å². The van der Waals surface area contributed by atoms with Gasteiger partial charge in [-0.3, -0.25) is 10.2 Å². The molecule has 0 heterocycles. The van der Waals surface area contributed by atoms with Gasteiger partial charge in [0.1, 0.15) is 0 Å². The van der Waals surface area contributed by atoms with Crippen LogP contribution in [0.3, 0.4) is 0 Å². The summed E-state index contributed by atoms with van der Waals surface area (Å²) in [7, 11) is 3.43. The molecule has 0 atom stereocenters. The van der Waals surface area contributed by atoms with Crippen LogP contribution in [0.5, 0.6) is 0 Å². The van der Waals surface area contributed by atoms with Crippen LogP contribution in [0.1, 0.15) is 0 Å². The Morgan fingerprint density at radius 1 is 1.38 bits per heavy atom. The Balaban J connectivity index is 2.85. The van der Waals surface area contributed by atoms with Gasteiger partial charge in [0.2, 0.25) is 5.96 Å². The van der Waals surface area contributed by atoms with Gasteiger partial charge < -0.3 is 4.90 Å². The highest BCUT2D eigenvalue weighted by atomic mass is 16.5. The van der Waals surface area contributed by atoms with E-state index in [-0.39, 0.29) is 0 Å². The molecule has 1 aromatic carbocycles. The number of benzene rings is 1. The van der Waals surface area contributed by atoms with Crippen LogP contribution in [0.15, 0.2) is 35.3 Å². The summed E-state index contributed by atoms with van der Waals surface area (Å²) in [5.41, 5.74) is 2.99. The van der Waals surface area contributed by atoms with Gasteiger partial charge in [-0.1, -0.05) is 18.2 Å². The number of hydrogen-bond acceptors (Lipinski definition) is 2. The van der Waals surface area contributed by atoms with Gasteiger partial charge in [-0.15, -0.1) is 0 Å². The molecule has 0 spiro atoms. The lowest BCUT2D eigenvalue weighted by Gasteiger charge is -2.19. The molecule has 0 amide bonds. The molecule has 0 radical (unpaired) electrons. The van der Waals surface area contributed by atoms with Crippen LogP contribution in [0.4, 0.5) is 5.69 Å². The maximum atomic E-state index is 8.74. The first kappa shape index (κ1) is 9.54. The highest BCUT2D eigenvalue weighted by Crippen LogP contribution is 2.10. The topological polar surface area (TPSA) is 47.9 Å². The number of hydrogen-bond donors (Lipinski definition) is 2. The lowest BCUT2D eigenvalue weighted by atomic mass is 10.3. The second-order valence-electron chi connectivity index (χ2n) is 2.55. The van der Waals surface area contributed by atoms with Crippen LogP contribution >= 0.6 is 0 Å². The van der Waals surface area contributed by atoms with E-state index >= 15 is 0 Å². The van der Waals surface area contributed by atoms with E-state index in [1.54, 1.807) is 11.9 Å². The standard InChI is InChI=1S/C9H13N3O/c1-10-9(11-13)12(2)8-6-4-3-5-7-8/h3-7,13H,1-2H3,(H,10,11). The summed E-state index contributed by atoms with van der Waals surface area (Å²) in [4.78, 5) is 5.61. The summed E-state index contributed by atoms with van der Waals surface area (Å²) in [6.45, 7) is 0. The fourth-order valence-corrected chi connectivity index (χ4v) is 1.05. The molecule has 0 fully saturated rings. The number of anilines is 1. The Bertz CT molecular complexity index is 284. The average Bonchev–Trinajstić information content (AvgIpc) is 2.21. The van der Waals surface area contributed by atoms with Gasteiger partial charge in [0.05, 0.1) is 0 Å². The second-order valence-corrected chi connectivity index (χ2v) is 2.55. The molecule has 70 valence electrons. The van der Waals surface area contributed by atoms with E-state index in [9.17, 15) is 0 Å². The van der Waals surface area contributed by atoms with Crippen molar-refractivity contribution in [1.82, 2.24) is 5.48 Å². The van der Waals surface area contributed by atoms with Crippen molar-refractivity contribution < 1.29 is 5.21 Å². The molecule has 0 saturated carbocycles. The van der Waals surface area contributed by atoms with E-state index in [0.29, 0.717) is 5.96 Å². The van der Waals surface area contributed by atoms with E-state index in [1.807, 2.05) is 42.9 Å². The van der Waals surface area contributed by atoms with Crippen LogP contribution in [0.25, 0.3) is 0 Å². The molecule has 2 N–H and O–H groups in total. The molecule has 0 saturated heterocycles. The molecule has 0 unspecified atom stereocenters. The molecular formula is C9H13N3O. The Kier molecular flexibility index (Phi) is 3.28. The van der Waals surface area contributed by atoms with E-state index in [1.165, 1.54) is 0 Å². The molecule has 1 aromatic rings. The summed E-state index contributed by atoms with van der Waals surface area (Å²) >= 11 is 0. The highest BCUT2D eigenvalue weighted by molar-refractivity contribution is 5.94. The van der Waals surface area contributed by atoms with Crippen LogP contribution in [-0.4, -0.2) is 25.3 Å². The molecule has 0 aliphatic heterocycles. The lowest BCUT2D eigenvalue weighted by Crippen LogP contribution is -2.36. The Hall–Kier alpha value is -1.55. The van der Waals surface area contributed by atoms with Crippen molar-refractivity contribution in [3.63, 3.8) is 0 Å². The van der Waals surface area contributed by atoms with Crippen molar-refractivity contribution in [1.29, 1.82) is 0 Å². The summed E-state index contributed by atoms with van der Waals surface area (Å²) in [6.07, 6.45) is 0. The highest BCUT2D eigenvalue weighted by Gasteiger charge is 2.04. The average molecular weight is 179 g/mol. The number of hydroxylamine groups is 1. The SMILES string of the molecule is CN=C(NO)N(C)c1ccccc1. The molecule has 0 bridgehead atoms. The first-order valence-electron chi connectivity index (χ1n) is 3.95. The zero-order valence-electron chi connectivity index (χ0n) is 7.73. The predicted molar refractivity (Wildman–Crippen MR) is 53.1 cm³/mol. The Morgan fingerprint density at radius 3 is 2.46 bits per heavy atom. The molecule has 1 rings (SSSR count). The zero-order valence-corrected chi connectivity index (χ0v) is 7.73. The molecule has 13 heavy (non-hydrogen) atoms. The summed E-state index contributed by atoms with van der Waals surface area (Å²) in [6, 6.07) is 9.66. The Labute approximate surface area is 77.5 Å². The molecule has 4 heteroatoms. The number of nitrogens with zero attached hydrogens (tertiary/aromatic N) is 2. The van der Waals surface area contributed by atoms with Crippen molar-refractivity contribution >= 4 is 11.6 Å². The maximum Gasteiger partial charge on any atom is 0.222 e. The van der Waals surface area contributed by atoms with Crippen molar-refractivity contribution in [3.05, 3.63) is 30.3 Å². The molecular weight excluding hydrogens is 166 g/mol. The van der Waals surface area contributed by atoms with Crippen LogP contribution in [0.2, 0.25) is 0 Å². The minimum absolute atomic E-state index is 0.409. The summed E-state index contributed by atoms with van der Waals surface area (Å²) < 4.78 is 0. The van der Waals surface area contributed by atoms with E-state index in [4.69, 9.17) is 5.21 Å². The fourth-order valence-electron chi connectivity index (χ4n) is 1.05. The van der Waals surface area contributed by atoms with Crippen molar-refractivity contribution in [2.75, 3.05) is 19.0 Å². The van der Waals surface area contributed by atoms with E-state index < -0.39 is 0 Å². The number of para-hydroxylation sites is 1. The van der Waals surface area contributed by atoms with Gasteiger partial charge in [0, 0.05) is 19.8 Å². The minimum atomic E-state index is 0.409. The second kappa shape index (κ2) is 4.47. The third kappa shape index (κ3) is 2.19. The summed E-state index contributed by atoms with van der Waals surface area (Å²) in [5.74, 6) is 0.409. The number of nitrogens with one attached hydrogen (secondary N) is 1. The normalized spacial score (nSPS) is 11.2. The predicted octanol–water partition coefficient (Wildman–Crippen LogP) is 1.09. The smallest absolute Gasteiger partial charge is 0.222 e. The van der Waals surface area contributed by atoms with Crippen molar-refractivity contribution in [2.24, 2.45) is 4.99 Å².